The second kappa shape index (κ2) is 18.8. The van der Waals surface area contributed by atoms with E-state index in [1.165, 1.54) is 6.92 Å². The third kappa shape index (κ3) is 17.5. The molecule has 33 heavy (non-hydrogen) atoms. The summed E-state index contributed by atoms with van der Waals surface area (Å²) in [6.45, 7) is 2.80. The number of aliphatic hydroxyl groups is 1. The van der Waals surface area contributed by atoms with Crippen molar-refractivity contribution in [3.05, 3.63) is 0 Å². The maximum atomic E-state index is 11.6. The van der Waals surface area contributed by atoms with Crippen LogP contribution in [0.1, 0.15) is 52.9 Å². The summed E-state index contributed by atoms with van der Waals surface area (Å²) in [6, 6.07) is 0. The van der Waals surface area contributed by atoms with E-state index in [2.05, 4.69) is 21.1 Å². The summed E-state index contributed by atoms with van der Waals surface area (Å²) < 4.78 is 28.5. The number of ether oxygens (including phenoxy) is 6. The van der Waals surface area contributed by atoms with E-state index in [4.69, 9.17) is 19.3 Å². The molecule has 2 atom stereocenters. The summed E-state index contributed by atoms with van der Waals surface area (Å²) in [5.74, 6) is -4.45. The minimum atomic E-state index is -1.42. The highest BCUT2D eigenvalue weighted by atomic mass is 16.6. The zero-order chi connectivity index (χ0) is 25.1. The Labute approximate surface area is 192 Å². The predicted molar refractivity (Wildman–Crippen MR) is 111 cm³/mol. The SMILES string of the molecule is CCCCCCCOC(=O)COCCOC(=O)COC(=O)COC(=O)C(C)OC(=O)C(C)O. The van der Waals surface area contributed by atoms with Gasteiger partial charge >= 0.3 is 29.8 Å². The lowest BCUT2D eigenvalue weighted by Gasteiger charge is -2.13. The zero-order valence-corrected chi connectivity index (χ0v) is 19.4. The quantitative estimate of drug-likeness (QED) is 0.165. The smallest absolute Gasteiger partial charge is 0.347 e. The van der Waals surface area contributed by atoms with Gasteiger partial charge in [0.05, 0.1) is 13.2 Å². The topological polar surface area (TPSA) is 161 Å². The Balaban J connectivity index is 3.74. The Hall–Kier alpha value is -2.73. The van der Waals surface area contributed by atoms with Gasteiger partial charge in [0.25, 0.3) is 0 Å². The minimum Gasteiger partial charge on any atom is -0.464 e. The number of aliphatic hydroxyl groups excluding tert-OH is 1. The highest BCUT2D eigenvalue weighted by molar-refractivity contribution is 5.83. The summed E-state index contributed by atoms with van der Waals surface area (Å²) in [7, 11) is 0. The third-order valence-corrected chi connectivity index (χ3v) is 3.87. The fourth-order valence-electron chi connectivity index (χ4n) is 2.09. The van der Waals surface area contributed by atoms with Crippen LogP contribution >= 0.6 is 0 Å². The molecule has 1 N–H and O–H groups in total. The molecule has 0 aromatic carbocycles. The molecule has 12 heteroatoms. The lowest BCUT2D eigenvalue weighted by Crippen LogP contribution is -2.32. The first-order valence-corrected chi connectivity index (χ1v) is 10.8. The van der Waals surface area contributed by atoms with Crippen LogP contribution in [0.25, 0.3) is 0 Å². The molecule has 12 nitrogen and oxygen atoms in total. The highest BCUT2D eigenvalue weighted by Gasteiger charge is 2.23. The summed E-state index contributed by atoms with van der Waals surface area (Å²) in [5.41, 5.74) is 0. The van der Waals surface area contributed by atoms with Crippen molar-refractivity contribution in [2.45, 2.75) is 65.1 Å². The molecular weight excluding hydrogens is 444 g/mol. The van der Waals surface area contributed by atoms with Gasteiger partial charge in [0, 0.05) is 0 Å². The molecule has 0 aromatic heterocycles. The van der Waals surface area contributed by atoms with Gasteiger partial charge in [-0.05, 0) is 20.3 Å². The van der Waals surface area contributed by atoms with Crippen molar-refractivity contribution in [1.82, 2.24) is 0 Å². The average Bonchev–Trinajstić information content (AvgIpc) is 2.77. The number of carbonyl (C=O) groups is 5. The van der Waals surface area contributed by atoms with E-state index < -0.39 is 55.3 Å². The van der Waals surface area contributed by atoms with Crippen molar-refractivity contribution in [3.63, 3.8) is 0 Å². The van der Waals surface area contributed by atoms with Crippen LogP contribution in [0, 0.1) is 0 Å². The molecule has 0 aliphatic heterocycles. The Morgan fingerprint density at radius 3 is 1.91 bits per heavy atom. The molecule has 0 aliphatic carbocycles. The Morgan fingerprint density at radius 2 is 1.24 bits per heavy atom. The fourth-order valence-corrected chi connectivity index (χ4v) is 2.09. The van der Waals surface area contributed by atoms with Crippen LogP contribution in [-0.4, -0.2) is 86.8 Å². The minimum absolute atomic E-state index is 0.0496. The predicted octanol–water partition coefficient (Wildman–Crippen LogP) is 0.459. The molecular formula is C21H34O12. The monoisotopic (exact) mass is 478 g/mol. The van der Waals surface area contributed by atoms with E-state index in [1.54, 1.807) is 0 Å². The molecule has 0 saturated heterocycles. The van der Waals surface area contributed by atoms with Gasteiger partial charge in [-0.1, -0.05) is 32.6 Å². The Morgan fingerprint density at radius 1 is 0.667 bits per heavy atom. The highest BCUT2D eigenvalue weighted by Crippen LogP contribution is 2.02. The van der Waals surface area contributed by atoms with Gasteiger partial charge in [-0.25, -0.2) is 24.0 Å². The van der Waals surface area contributed by atoms with Crippen LogP contribution in [0.5, 0.6) is 0 Å². The molecule has 0 rings (SSSR count). The van der Waals surface area contributed by atoms with Crippen LogP contribution < -0.4 is 0 Å². The number of esters is 5. The standard InChI is InChI=1S/C21H34O12/c1-4-5-6-7-8-9-29-17(23)12-28-10-11-30-18(24)13-31-19(25)14-32-21(27)16(3)33-20(26)15(2)22/h15-16,22H,4-14H2,1-3H3. The average molecular weight is 478 g/mol. The number of hydrogen-bond acceptors (Lipinski definition) is 12. The van der Waals surface area contributed by atoms with Crippen LogP contribution in [-0.2, 0) is 52.4 Å². The Kier molecular flexibility index (Phi) is 17.2. The molecule has 0 amide bonds. The normalized spacial score (nSPS) is 12.2. The van der Waals surface area contributed by atoms with E-state index >= 15 is 0 Å². The van der Waals surface area contributed by atoms with E-state index in [1.807, 2.05) is 0 Å². The van der Waals surface area contributed by atoms with Crippen molar-refractivity contribution >= 4 is 29.8 Å². The molecule has 0 heterocycles. The first-order valence-electron chi connectivity index (χ1n) is 10.8. The number of carbonyl (C=O) groups excluding carboxylic acids is 5. The maximum Gasteiger partial charge on any atom is 0.347 e. The largest absolute Gasteiger partial charge is 0.464 e. The molecule has 0 spiro atoms. The molecule has 0 fully saturated rings. The van der Waals surface area contributed by atoms with E-state index in [0.717, 1.165) is 39.0 Å². The summed E-state index contributed by atoms with van der Waals surface area (Å²) in [6.07, 6.45) is 2.46. The second-order valence-corrected chi connectivity index (χ2v) is 6.93. The van der Waals surface area contributed by atoms with Crippen molar-refractivity contribution in [2.75, 3.05) is 39.6 Å². The molecule has 2 unspecified atom stereocenters. The first-order chi connectivity index (χ1) is 15.7. The molecule has 0 saturated carbocycles. The molecule has 0 aromatic rings. The van der Waals surface area contributed by atoms with E-state index in [0.29, 0.717) is 6.61 Å². The van der Waals surface area contributed by atoms with Gasteiger partial charge in [-0.2, -0.15) is 0 Å². The van der Waals surface area contributed by atoms with Gasteiger partial charge < -0.3 is 33.5 Å². The van der Waals surface area contributed by atoms with Crippen LogP contribution in [0.15, 0.2) is 0 Å². The summed E-state index contributed by atoms with van der Waals surface area (Å²) >= 11 is 0. The molecule has 190 valence electrons. The lowest BCUT2D eigenvalue weighted by atomic mass is 10.2. The summed E-state index contributed by atoms with van der Waals surface area (Å²) in [5, 5.41) is 9.00. The van der Waals surface area contributed by atoms with Crippen molar-refractivity contribution in [1.29, 1.82) is 0 Å². The van der Waals surface area contributed by atoms with Crippen molar-refractivity contribution in [3.8, 4) is 0 Å². The summed E-state index contributed by atoms with van der Waals surface area (Å²) in [4.78, 5) is 57.2. The van der Waals surface area contributed by atoms with E-state index in [-0.39, 0.29) is 19.8 Å². The maximum absolute atomic E-state index is 11.6. The van der Waals surface area contributed by atoms with Crippen molar-refractivity contribution < 1.29 is 57.5 Å². The van der Waals surface area contributed by atoms with Gasteiger partial charge in [0.2, 0.25) is 0 Å². The Bertz CT molecular complexity index is 616. The van der Waals surface area contributed by atoms with Crippen LogP contribution in [0.4, 0.5) is 0 Å². The van der Waals surface area contributed by atoms with Gasteiger partial charge in [0.15, 0.2) is 19.3 Å². The number of hydrogen-bond donors (Lipinski definition) is 1. The fraction of sp³-hybridized carbons (Fsp3) is 0.762. The van der Waals surface area contributed by atoms with E-state index in [9.17, 15) is 24.0 Å². The van der Waals surface area contributed by atoms with Gasteiger partial charge in [-0.15, -0.1) is 0 Å². The zero-order valence-electron chi connectivity index (χ0n) is 19.4. The van der Waals surface area contributed by atoms with Crippen molar-refractivity contribution in [2.24, 2.45) is 0 Å². The second-order valence-electron chi connectivity index (χ2n) is 6.93. The lowest BCUT2D eigenvalue weighted by molar-refractivity contribution is -0.175. The molecule has 0 aliphatic rings. The number of rotatable bonds is 18. The first kappa shape index (κ1) is 30.3. The number of unbranched alkanes of at least 4 members (excludes halogenated alkanes) is 4. The van der Waals surface area contributed by atoms with Crippen LogP contribution in [0.2, 0.25) is 0 Å². The molecule has 0 bridgehead atoms. The van der Waals surface area contributed by atoms with Crippen LogP contribution in [0.3, 0.4) is 0 Å². The van der Waals surface area contributed by atoms with Gasteiger partial charge in [-0.3, -0.25) is 0 Å². The third-order valence-electron chi connectivity index (χ3n) is 3.87. The molecule has 0 radical (unpaired) electrons. The van der Waals surface area contributed by atoms with Gasteiger partial charge in [0.1, 0.15) is 19.3 Å².